The zero-order valence-corrected chi connectivity index (χ0v) is 17.3. The Morgan fingerprint density at radius 1 is 1.36 bits per heavy atom. The van der Waals surface area contributed by atoms with Crippen LogP contribution in [0.15, 0.2) is 36.5 Å². The fourth-order valence-corrected chi connectivity index (χ4v) is 4.85. The minimum atomic E-state index is -0.119. The Labute approximate surface area is 169 Å². The van der Waals surface area contributed by atoms with E-state index in [0.717, 1.165) is 40.2 Å². The maximum absolute atomic E-state index is 12.9. The number of rotatable bonds is 5. The molecule has 0 radical (unpaired) electrons. The number of carbonyl (C=O) groups excluding carboxylic acids is 1. The highest BCUT2D eigenvalue weighted by Gasteiger charge is 2.30. The van der Waals surface area contributed by atoms with E-state index in [2.05, 4.69) is 27.4 Å². The lowest BCUT2D eigenvalue weighted by atomic mass is 10.0. The number of hydrogen-bond acceptors (Lipinski definition) is 5. The molecule has 0 bridgehead atoms. The van der Waals surface area contributed by atoms with Crippen LogP contribution in [0.5, 0.6) is 0 Å². The third-order valence-corrected chi connectivity index (χ3v) is 6.23. The van der Waals surface area contributed by atoms with Crippen molar-refractivity contribution in [1.82, 2.24) is 20.0 Å². The fourth-order valence-electron chi connectivity index (χ4n) is 3.69. The van der Waals surface area contributed by atoms with Crippen LogP contribution < -0.4 is 5.32 Å². The molecule has 1 fully saturated rings. The van der Waals surface area contributed by atoms with Gasteiger partial charge in [0.15, 0.2) is 0 Å². The minimum Gasteiger partial charge on any atom is -0.371 e. The van der Waals surface area contributed by atoms with Crippen molar-refractivity contribution in [2.45, 2.75) is 32.5 Å². The van der Waals surface area contributed by atoms with Crippen LogP contribution in [-0.4, -0.2) is 46.3 Å². The Morgan fingerprint density at radius 3 is 2.93 bits per heavy atom. The first-order chi connectivity index (χ1) is 13.5. The summed E-state index contributed by atoms with van der Waals surface area (Å²) in [5, 5.41) is 8.43. The van der Waals surface area contributed by atoms with Gasteiger partial charge in [0.2, 0.25) is 0 Å². The van der Waals surface area contributed by atoms with Gasteiger partial charge in [-0.2, -0.15) is 5.10 Å². The van der Waals surface area contributed by atoms with E-state index in [-0.39, 0.29) is 18.1 Å². The van der Waals surface area contributed by atoms with Gasteiger partial charge in [-0.3, -0.25) is 14.4 Å². The van der Waals surface area contributed by atoms with Crippen LogP contribution in [0.25, 0.3) is 10.1 Å². The average molecular weight is 399 g/mol. The molecule has 7 heteroatoms. The predicted molar refractivity (Wildman–Crippen MR) is 112 cm³/mol. The van der Waals surface area contributed by atoms with Crippen molar-refractivity contribution in [3.8, 4) is 0 Å². The van der Waals surface area contributed by atoms with Crippen LogP contribution >= 0.6 is 11.3 Å². The second-order valence-corrected chi connectivity index (χ2v) is 8.56. The zero-order valence-electron chi connectivity index (χ0n) is 16.5. The molecular weight excluding hydrogens is 372 g/mol. The molecule has 0 unspecified atom stereocenters. The normalized spacial score (nSPS) is 18.1. The Bertz CT molecular complexity index is 978. The Morgan fingerprint density at radius 2 is 2.18 bits per heavy atom. The minimum absolute atomic E-state index is 0.0152. The highest BCUT2D eigenvalue weighted by molar-refractivity contribution is 7.21. The molecule has 148 valence electrons. The number of nitrogens with one attached hydrogen (secondary N) is 1. The molecule has 2 aromatic heterocycles. The number of carbonyl (C=O) groups is 1. The molecule has 1 saturated heterocycles. The molecule has 1 aromatic carbocycles. The predicted octanol–water partition coefficient (Wildman–Crippen LogP) is 3.35. The number of benzene rings is 1. The van der Waals surface area contributed by atoms with Crippen molar-refractivity contribution in [3.63, 3.8) is 0 Å². The van der Waals surface area contributed by atoms with E-state index < -0.39 is 0 Å². The van der Waals surface area contributed by atoms with Crippen LogP contribution in [0.1, 0.15) is 40.9 Å². The molecule has 1 N–H and O–H groups in total. The standard InChI is InChI=1S/C21H26N4O2S/c1-14(2)23-21(26)20-19(16-6-4-5-7-18(16)28-20)17-13-25(10-11-27-17)12-15-8-9-22-24(15)3/h4-9,14,17H,10-13H2,1-3H3,(H,23,26)/t17-/m0/s1. The number of thiophene rings is 1. The second kappa shape index (κ2) is 8.03. The lowest BCUT2D eigenvalue weighted by molar-refractivity contribution is -0.0329. The first kappa shape index (κ1) is 19.1. The zero-order chi connectivity index (χ0) is 19.7. The van der Waals surface area contributed by atoms with E-state index in [1.54, 1.807) is 11.3 Å². The molecule has 6 nitrogen and oxygen atoms in total. The summed E-state index contributed by atoms with van der Waals surface area (Å²) in [7, 11) is 1.97. The fraction of sp³-hybridized carbons (Fsp3) is 0.429. The second-order valence-electron chi connectivity index (χ2n) is 7.51. The first-order valence-electron chi connectivity index (χ1n) is 9.66. The van der Waals surface area contributed by atoms with E-state index in [0.29, 0.717) is 6.61 Å². The SMILES string of the molecule is CC(C)NC(=O)c1sc2ccccc2c1[C@@H]1CN(Cc2ccnn2C)CCO1. The van der Waals surface area contributed by atoms with Gasteiger partial charge in [-0.05, 0) is 31.4 Å². The Hall–Kier alpha value is -2.22. The van der Waals surface area contributed by atoms with Gasteiger partial charge in [-0.25, -0.2) is 0 Å². The number of fused-ring (bicyclic) bond motifs is 1. The van der Waals surface area contributed by atoms with E-state index in [9.17, 15) is 4.79 Å². The van der Waals surface area contributed by atoms with Crippen LogP contribution in [0.4, 0.5) is 0 Å². The molecule has 1 atom stereocenters. The van der Waals surface area contributed by atoms with Crippen LogP contribution in [-0.2, 0) is 18.3 Å². The summed E-state index contributed by atoms with van der Waals surface area (Å²) in [6, 6.07) is 10.4. The average Bonchev–Trinajstić information content (AvgIpc) is 3.25. The first-order valence-corrected chi connectivity index (χ1v) is 10.5. The van der Waals surface area contributed by atoms with Crippen molar-refractivity contribution in [2.24, 2.45) is 7.05 Å². The molecule has 0 aliphatic carbocycles. The van der Waals surface area contributed by atoms with Gasteiger partial charge in [0.25, 0.3) is 5.91 Å². The Balaban J connectivity index is 1.65. The number of morpholine rings is 1. The molecule has 4 rings (SSSR count). The topological polar surface area (TPSA) is 59.4 Å². The summed E-state index contributed by atoms with van der Waals surface area (Å²) in [5.74, 6) is -0.0152. The van der Waals surface area contributed by atoms with E-state index in [4.69, 9.17) is 4.74 Å². The summed E-state index contributed by atoms with van der Waals surface area (Å²) in [5.41, 5.74) is 2.20. The van der Waals surface area contributed by atoms with Gasteiger partial charge in [0, 0.05) is 49.2 Å². The van der Waals surface area contributed by atoms with Gasteiger partial charge in [0.05, 0.1) is 23.3 Å². The smallest absolute Gasteiger partial charge is 0.261 e. The van der Waals surface area contributed by atoms with Gasteiger partial charge < -0.3 is 10.1 Å². The molecule has 28 heavy (non-hydrogen) atoms. The number of hydrogen-bond donors (Lipinski definition) is 1. The number of ether oxygens (including phenoxy) is 1. The summed E-state index contributed by atoms with van der Waals surface area (Å²) >= 11 is 1.55. The van der Waals surface area contributed by atoms with Gasteiger partial charge in [-0.1, -0.05) is 18.2 Å². The summed E-state index contributed by atoms with van der Waals surface area (Å²) in [6.45, 7) is 7.07. The molecular formula is C21H26N4O2S. The summed E-state index contributed by atoms with van der Waals surface area (Å²) < 4.78 is 9.20. The molecule has 1 amide bonds. The number of nitrogens with zero attached hydrogens (tertiary/aromatic N) is 3. The monoisotopic (exact) mass is 398 g/mol. The van der Waals surface area contributed by atoms with Crippen molar-refractivity contribution in [3.05, 3.63) is 52.7 Å². The number of aryl methyl sites for hydroxylation is 1. The van der Waals surface area contributed by atoms with Crippen molar-refractivity contribution >= 4 is 27.3 Å². The van der Waals surface area contributed by atoms with E-state index in [1.165, 1.54) is 5.69 Å². The lowest BCUT2D eigenvalue weighted by Crippen LogP contribution is -2.39. The molecule has 1 aliphatic rings. The lowest BCUT2D eigenvalue weighted by Gasteiger charge is -2.33. The van der Waals surface area contributed by atoms with Gasteiger partial charge >= 0.3 is 0 Å². The molecule has 0 spiro atoms. The maximum Gasteiger partial charge on any atom is 0.261 e. The van der Waals surface area contributed by atoms with Crippen LogP contribution in [0, 0.1) is 0 Å². The molecule has 1 aliphatic heterocycles. The third kappa shape index (κ3) is 3.83. The van der Waals surface area contributed by atoms with Gasteiger partial charge in [0.1, 0.15) is 0 Å². The maximum atomic E-state index is 12.9. The molecule has 3 aromatic rings. The number of aromatic nitrogens is 2. The van der Waals surface area contributed by atoms with Crippen molar-refractivity contribution in [2.75, 3.05) is 19.7 Å². The van der Waals surface area contributed by atoms with Crippen LogP contribution in [0.3, 0.4) is 0 Å². The van der Waals surface area contributed by atoms with Crippen molar-refractivity contribution < 1.29 is 9.53 Å². The summed E-state index contributed by atoms with van der Waals surface area (Å²) in [6.07, 6.45) is 1.71. The Kier molecular flexibility index (Phi) is 5.48. The largest absolute Gasteiger partial charge is 0.371 e. The summed E-state index contributed by atoms with van der Waals surface area (Å²) in [4.78, 5) is 16.0. The van der Waals surface area contributed by atoms with Gasteiger partial charge in [-0.15, -0.1) is 11.3 Å². The van der Waals surface area contributed by atoms with Crippen molar-refractivity contribution in [1.29, 1.82) is 0 Å². The third-order valence-electron chi connectivity index (χ3n) is 5.04. The number of amides is 1. The molecule has 0 saturated carbocycles. The quantitative estimate of drug-likeness (QED) is 0.716. The van der Waals surface area contributed by atoms with E-state index >= 15 is 0 Å². The van der Waals surface area contributed by atoms with Crippen LogP contribution in [0.2, 0.25) is 0 Å². The van der Waals surface area contributed by atoms with E-state index in [1.807, 2.05) is 50.0 Å². The highest BCUT2D eigenvalue weighted by atomic mass is 32.1. The highest BCUT2D eigenvalue weighted by Crippen LogP contribution is 2.38. The molecule has 3 heterocycles.